The van der Waals surface area contributed by atoms with Crippen molar-refractivity contribution in [3.8, 4) is 11.8 Å². The Morgan fingerprint density at radius 3 is 2.56 bits per heavy atom. The lowest BCUT2D eigenvalue weighted by Crippen LogP contribution is -2.36. The Kier molecular flexibility index (Phi) is 8.27. The predicted octanol–water partition coefficient (Wildman–Crippen LogP) is 5.39. The predicted molar refractivity (Wildman–Crippen MR) is 142 cm³/mol. The summed E-state index contributed by atoms with van der Waals surface area (Å²) in [4.78, 5) is 6.28. The zero-order valence-corrected chi connectivity index (χ0v) is 20.7. The molecule has 8 heteroatoms. The van der Waals surface area contributed by atoms with Crippen LogP contribution in [-0.4, -0.2) is 33.2 Å². The van der Waals surface area contributed by atoms with E-state index in [0.717, 1.165) is 22.7 Å². The van der Waals surface area contributed by atoms with E-state index in [9.17, 15) is 4.39 Å². The first kappa shape index (κ1) is 24.9. The molecule has 0 saturated heterocycles. The number of benzene rings is 3. The molecule has 0 saturated carbocycles. The smallest absolute Gasteiger partial charge is 0.173 e. The molecular weight excluding hydrogens is 473 g/mol. The summed E-state index contributed by atoms with van der Waals surface area (Å²) in [6.07, 6.45) is 4.29. The van der Waals surface area contributed by atoms with Crippen molar-refractivity contribution >= 4 is 23.0 Å². The molecule has 4 aromatic rings. The molecule has 1 heterocycles. The molecule has 0 unspecified atom stereocenters. The Hall–Kier alpha value is -4.22. The molecule has 3 aromatic carbocycles. The fourth-order valence-electron chi connectivity index (χ4n) is 3.79. The molecule has 0 atom stereocenters. The Morgan fingerprint density at radius 1 is 1.11 bits per heavy atom. The number of anilines is 1. The summed E-state index contributed by atoms with van der Waals surface area (Å²) in [5.41, 5.74) is 4.14. The highest BCUT2D eigenvalue weighted by atomic mass is 32.1. The first-order valence-corrected chi connectivity index (χ1v) is 11.9. The van der Waals surface area contributed by atoms with Crippen molar-refractivity contribution in [2.24, 2.45) is 0 Å². The first-order chi connectivity index (χ1) is 17.6. The van der Waals surface area contributed by atoms with E-state index in [1.165, 1.54) is 6.07 Å². The second kappa shape index (κ2) is 12.0. The SMILES string of the molecule is COc1ccc(NC(=S)N(CCc2cncn2Cc2ccc(C#N)cc2)Cc2ccccc2F)cc1. The van der Waals surface area contributed by atoms with Crippen LogP contribution in [0.5, 0.6) is 5.75 Å². The van der Waals surface area contributed by atoms with Gasteiger partial charge in [0.15, 0.2) is 5.11 Å². The highest BCUT2D eigenvalue weighted by molar-refractivity contribution is 7.80. The largest absolute Gasteiger partial charge is 0.497 e. The molecular formula is C28H26FN5OS. The minimum absolute atomic E-state index is 0.263. The Labute approximate surface area is 215 Å². The van der Waals surface area contributed by atoms with E-state index >= 15 is 0 Å². The van der Waals surface area contributed by atoms with Gasteiger partial charge in [0.25, 0.3) is 0 Å². The van der Waals surface area contributed by atoms with Crippen LogP contribution in [0.15, 0.2) is 85.3 Å². The lowest BCUT2D eigenvalue weighted by Gasteiger charge is -2.26. The minimum Gasteiger partial charge on any atom is -0.497 e. The third-order valence-electron chi connectivity index (χ3n) is 5.82. The number of methoxy groups -OCH3 is 1. The van der Waals surface area contributed by atoms with Crippen LogP contribution in [-0.2, 0) is 19.5 Å². The second-order valence-corrected chi connectivity index (χ2v) is 8.63. The molecule has 0 spiro atoms. The molecule has 36 heavy (non-hydrogen) atoms. The number of rotatable bonds is 9. The molecule has 0 aliphatic rings. The van der Waals surface area contributed by atoms with E-state index in [1.54, 1.807) is 25.6 Å². The zero-order valence-electron chi connectivity index (χ0n) is 19.9. The Morgan fingerprint density at radius 2 is 1.86 bits per heavy atom. The molecule has 1 aromatic heterocycles. The number of nitrogens with one attached hydrogen (secondary N) is 1. The molecule has 0 amide bonds. The van der Waals surface area contributed by atoms with Gasteiger partial charge in [-0.15, -0.1) is 0 Å². The van der Waals surface area contributed by atoms with E-state index in [4.69, 9.17) is 22.2 Å². The van der Waals surface area contributed by atoms with Crippen LogP contribution >= 0.6 is 12.2 Å². The van der Waals surface area contributed by atoms with Crippen molar-refractivity contribution in [3.63, 3.8) is 0 Å². The molecule has 0 aliphatic carbocycles. The van der Waals surface area contributed by atoms with Gasteiger partial charge in [0.1, 0.15) is 11.6 Å². The number of nitriles is 1. The third kappa shape index (κ3) is 6.46. The van der Waals surface area contributed by atoms with Crippen molar-refractivity contribution < 1.29 is 9.13 Å². The fourth-order valence-corrected chi connectivity index (χ4v) is 4.06. The van der Waals surface area contributed by atoms with Gasteiger partial charge < -0.3 is 19.5 Å². The zero-order chi connectivity index (χ0) is 25.3. The number of halogens is 1. The summed E-state index contributed by atoms with van der Waals surface area (Å²) in [7, 11) is 1.62. The van der Waals surface area contributed by atoms with Crippen molar-refractivity contribution in [3.05, 3.63) is 114 Å². The number of thiocarbonyl (C=S) groups is 1. The number of hydrogen-bond donors (Lipinski definition) is 1. The molecule has 0 fully saturated rings. The Bertz CT molecular complexity index is 1350. The van der Waals surface area contributed by atoms with Crippen molar-refractivity contribution in [2.45, 2.75) is 19.5 Å². The van der Waals surface area contributed by atoms with Gasteiger partial charge in [0, 0.05) is 49.2 Å². The van der Waals surface area contributed by atoms with Gasteiger partial charge >= 0.3 is 0 Å². The maximum absolute atomic E-state index is 14.5. The normalized spacial score (nSPS) is 10.5. The van der Waals surface area contributed by atoms with Crippen LogP contribution in [0, 0.1) is 17.1 Å². The standard InChI is InChI=1S/C28H26FN5OS/c1-35-26-12-10-24(11-13-26)32-28(36)33(19-23-4-2-3-5-27(23)29)15-14-25-17-31-20-34(25)18-22-8-6-21(16-30)7-9-22/h2-13,17,20H,14-15,18-19H2,1H3,(H,32,36). The highest BCUT2D eigenvalue weighted by Crippen LogP contribution is 2.18. The average Bonchev–Trinajstić information content (AvgIpc) is 3.35. The van der Waals surface area contributed by atoms with Crippen molar-refractivity contribution in [2.75, 3.05) is 19.0 Å². The van der Waals surface area contributed by atoms with Crippen LogP contribution in [0.4, 0.5) is 10.1 Å². The van der Waals surface area contributed by atoms with Crippen LogP contribution < -0.4 is 10.1 Å². The molecule has 0 radical (unpaired) electrons. The van der Waals surface area contributed by atoms with Gasteiger partial charge in [-0.3, -0.25) is 0 Å². The van der Waals surface area contributed by atoms with E-state index in [2.05, 4.69) is 20.9 Å². The number of ether oxygens (including phenoxy) is 1. The van der Waals surface area contributed by atoms with E-state index < -0.39 is 0 Å². The van der Waals surface area contributed by atoms with Gasteiger partial charge in [-0.05, 0) is 60.2 Å². The third-order valence-corrected chi connectivity index (χ3v) is 6.18. The van der Waals surface area contributed by atoms with Crippen LogP contribution in [0.25, 0.3) is 0 Å². The monoisotopic (exact) mass is 499 g/mol. The number of aromatic nitrogens is 2. The second-order valence-electron chi connectivity index (χ2n) is 8.24. The summed E-state index contributed by atoms with van der Waals surface area (Å²) in [5.74, 6) is 0.491. The maximum Gasteiger partial charge on any atom is 0.173 e. The molecule has 4 rings (SSSR count). The van der Waals surface area contributed by atoms with Crippen LogP contribution in [0.3, 0.4) is 0 Å². The molecule has 0 aliphatic heterocycles. The number of nitrogens with zero attached hydrogens (tertiary/aromatic N) is 4. The Balaban J connectivity index is 1.48. The van der Waals surface area contributed by atoms with Gasteiger partial charge in [-0.2, -0.15) is 5.26 Å². The number of imidazole rings is 1. The van der Waals surface area contributed by atoms with Crippen molar-refractivity contribution in [1.29, 1.82) is 5.26 Å². The van der Waals surface area contributed by atoms with Gasteiger partial charge in [-0.1, -0.05) is 30.3 Å². The highest BCUT2D eigenvalue weighted by Gasteiger charge is 2.15. The van der Waals surface area contributed by atoms with Crippen molar-refractivity contribution in [1.82, 2.24) is 14.5 Å². The van der Waals surface area contributed by atoms with E-state index in [-0.39, 0.29) is 5.82 Å². The minimum atomic E-state index is -0.263. The quantitative estimate of drug-likeness (QED) is 0.312. The first-order valence-electron chi connectivity index (χ1n) is 11.5. The lowest BCUT2D eigenvalue weighted by molar-refractivity contribution is 0.408. The maximum atomic E-state index is 14.5. The molecule has 6 nitrogen and oxygen atoms in total. The summed E-state index contributed by atoms with van der Waals surface area (Å²) in [5, 5.41) is 12.8. The summed E-state index contributed by atoms with van der Waals surface area (Å²) >= 11 is 5.73. The summed E-state index contributed by atoms with van der Waals surface area (Å²) in [6.45, 7) is 1.54. The van der Waals surface area contributed by atoms with Gasteiger partial charge in [-0.25, -0.2) is 9.37 Å². The molecule has 182 valence electrons. The van der Waals surface area contributed by atoms with E-state index in [0.29, 0.717) is 42.3 Å². The summed E-state index contributed by atoms with van der Waals surface area (Å²) in [6, 6.07) is 23.9. The molecule has 1 N–H and O–H groups in total. The topological polar surface area (TPSA) is 66.1 Å². The van der Waals surface area contributed by atoms with Crippen LogP contribution in [0.1, 0.15) is 22.4 Å². The van der Waals surface area contributed by atoms with E-state index in [1.807, 2.05) is 65.7 Å². The number of hydrogen-bond acceptors (Lipinski definition) is 4. The lowest BCUT2D eigenvalue weighted by atomic mass is 10.1. The summed E-state index contributed by atoms with van der Waals surface area (Å²) < 4.78 is 21.8. The van der Waals surface area contributed by atoms with Crippen LogP contribution in [0.2, 0.25) is 0 Å². The van der Waals surface area contributed by atoms with Gasteiger partial charge in [0.05, 0.1) is 25.1 Å². The van der Waals surface area contributed by atoms with Gasteiger partial charge in [0.2, 0.25) is 0 Å². The fraction of sp³-hybridized carbons (Fsp3) is 0.179. The average molecular weight is 500 g/mol. The molecule has 0 bridgehead atoms.